The Hall–Kier alpha value is -5.41. The van der Waals surface area contributed by atoms with Gasteiger partial charge in [0.2, 0.25) is 17.7 Å². The highest BCUT2D eigenvalue weighted by Gasteiger charge is 2.45. The number of nitrogens with two attached hydrogens (primary N) is 1. The number of carbonyl (C=O) groups excluding carboxylic acids is 3. The summed E-state index contributed by atoms with van der Waals surface area (Å²) < 4.78 is 69.5. The number of amides is 3. The molecule has 2 aromatic heterocycles. The molecule has 1 saturated heterocycles. The molecule has 2 aliphatic heterocycles. The average Bonchev–Trinajstić information content (AvgIpc) is 4.05. The van der Waals surface area contributed by atoms with E-state index in [1.807, 2.05) is 67.3 Å². The van der Waals surface area contributed by atoms with Gasteiger partial charge in [0.1, 0.15) is 48.4 Å². The van der Waals surface area contributed by atoms with Crippen molar-refractivity contribution in [1.82, 2.24) is 30.4 Å². The molecule has 7 rings (SSSR count). The first-order chi connectivity index (χ1) is 34.2. The van der Waals surface area contributed by atoms with Crippen molar-refractivity contribution in [2.75, 3.05) is 65.9 Å². The maximum Gasteiger partial charge on any atom is 0.246 e. The van der Waals surface area contributed by atoms with Gasteiger partial charge >= 0.3 is 0 Å². The Morgan fingerprint density at radius 2 is 1.60 bits per heavy atom. The van der Waals surface area contributed by atoms with E-state index in [1.165, 1.54) is 18.7 Å². The van der Waals surface area contributed by atoms with E-state index < -0.39 is 70.7 Å². The van der Waals surface area contributed by atoms with Crippen LogP contribution >= 0.6 is 11.3 Å². The summed E-state index contributed by atoms with van der Waals surface area (Å²) in [6, 6.07) is 14.0. The number of aliphatic hydroxyl groups excluding tert-OH is 1. The zero-order valence-electron chi connectivity index (χ0n) is 42.1. The van der Waals surface area contributed by atoms with Crippen molar-refractivity contribution in [3.63, 3.8) is 0 Å². The van der Waals surface area contributed by atoms with Crippen molar-refractivity contribution < 1.29 is 51.6 Å². The standard InChI is InChI=1S/C53H68F3N7O8S/c1-31-22-38-37-10-8-9-11-41(37)59-46(38)47(63(31)29-53(6,7)56)45-39(54)24-36(25-40(45)55)71-21-20-69-17-16-68-18-19-70-28-44(65)61-49(52(3,4)5)51(67)62-27-35(64)23-43(62)50(66)60-42(26-57)33-12-14-34(15-13-33)48-32(2)58-30-72-48/h8-15,24-25,30-31,35,42-43,47,49,59,64H,16-23,26-29,57H2,1-7H3,(H,60,66)(H,61,65)/t31-,35-,42+,43+,47?,49-/m1/s1. The normalized spacial score (nSPS) is 19.3. The summed E-state index contributed by atoms with van der Waals surface area (Å²) in [5.41, 5.74) is 10.5. The van der Waals surface area contributed by atoms with Gasteiger partial charge in [0.25, 0.3) is 0 Å². The van der Waals surface area contributed by atoms with Gasteiger partial charge in [-0.25, -0.2) is 18.2 Å². The number of aryl methyl sites for hydroxylation is 1. The predicted octanol–water partition coefficient (Wildman–Crippen LogP) is 6.70. The van der Waals surface area contributed by atoms with Crippen LogP contribution < -0.4 is 21.1 Å². The molecule has 6 atom stereocenters. The van der Waals surface area contributed by atoms with Crippen molar-refractivity contribution in [2.45, 2.75) is 103 Å². The van der Waals surface area contributed by atoms with E-state index in [0.717, 1.165) is 50.3 Å². The second-order valence-corrected chi connectivity index (χ2v) is 21.1. The van der Waals surface area contributed by atoms with Crippen LogP contribution in [0.4, 0.5) is 13.2 Å². The Morgan fingerprint density at radius 3 is 2.22 bits per heavy atom. The van der Waals surface area contributed by atoms with E-state index in [0.29, 0.717) is 12.1 Å². The maximum absolute atomic E-state index is 16.0. The quantitative estimate of drug-likeness (QED) is 0.0464. The van der Waals surface area contributed by atoms with E-state index in [1.54, 1.807) is 37.6 Å². The van der Waals surface area contributed by atoms with Crippen LogP contribution in [0, 0.1) is 24.0 Å². The fourth-order valence-corrected chi connectivity index (χ4v) is 10.4. The van der Waals surface area contributed by atoms with Crippen LogP contribution in [0.15, 0.2) is 66.2 Å². The summed E-state index contributed by atoms with van der Waals surface area (Å²) in [5, 5.41) is 17.4. The molecule has 15 nitrogen and oxygen atoms in total. The molecule has 4 heterocycles. The lowest BCUT2D eigenvalue weighted by atomic mass is 9.85. The number of para-hydroxylation sites is 1. The summed E-state index contributed by atoms with van der Waals surface area (Å²) >= 11 is 1.54. The van der Waals surface area contributed by atoms with Crippen molar-refractivity contribution in [3.8, 4) is 16.2 Å². The number of fused-ring (bicyclic) bond motifs is 3. The minimum Gasteiger partial charge on any atom is -0.491 e. The number of ether oxygens (including phenoxy) is 4. The fourth-order valence-electron chi connectivity index (χ4n) is 9.54. The molecule has 1 fully saturated rings. The minimum atomic E-state index is -1.62. The average molecular weight is 1020 g/mol. The Balaban J connectivity index is 0.821. The molecule has 3 aromatic carbocycles. The number of hydrogen-bond donors (Lipinski definition) is 5. The van der Waals surface area contributed by atoms with Gasteiger partial charge in [-0.05, 0) is 62.3 Å². The van der Waals surface area contributed by atoms with Gasteiger partial charge in [0, 0.05) is 66.4 Å². The van der Waals surface area contributed by atoms with Crippen LogP contribution in [-0.2, 0) is 35.0 Å². The number of likely N-dealkylation sites (tertiary alicyclic amines) is 1. The lowest BCUT2D eigenvalue weighted by Gasteiger charge is -2.43. The smallest absolute Gasteiger partial charge is 0.246 e. The highest BCUT2D eigenvalue weighted by molar-refractivity contribution is 7.13. The summed E-state index contributed by atoms with van der Waals surface area (Å²) in [5.74, 6) is -3.12. The number of nitrogens with one attached hydrogen (secondary N) is 3. The number of halogens is 3. The van der Waals surface area contributed by atoms with E-state index in [2.05, 4.69) is 20.6 Å². The van der Waals surface area contributed by atoms with E-state index in [9.17, 15) is 19.5 Å². The topological polar surface area (TPSA) is 194 Å². The molecule has 3 amide bonds. The number of carbonyl (C=O) groups is 3. The molecule has 0 bridgehead atoms. The van der Waals surface area contributed by atoms with E-state index >= 15 is 13.2 Å². The molecule has 5 aromatic rings. The predicted molar refractivity (Wildman–Crippen MR) is 269 cm³/mol. The molecule has 19 heteroatoms. The van der Waals surface area contributed by atoms with Gasteiger partial charge in [-0.3, -0.25) is 19.3 Å². The number of H-pyrrole nitrogens is 1. The van der Waals surface area contributed by atoms with Gasteiger partial charge < -0.3 is 50.3 Å². The first-order valence-corrected chi connectivity index (χ1v) is 25.3. The minimum absolute atomic E-state index is 0.00825. The van der Waals surface area contributed by atoms with Gasteiger partial charge in [0.05, 0.1) is 67.3 Å². The number of aliphatic hydroxyl groups is 1. The summed E-state index contributed by atoms with van der Waals surface area (Å²) in [4.78, 5) is 52.8. The van der Waals surface area contributed by atoms with Crippen LogP contribution in [0.25, 0.3) is 21.3 Å². The lowest BCUT2D eigenvalue weighted by molar-refractivity contribution is -0.144. The third-order valence-corrected chi connectivity index (χ3v) is 14.0. The van der Waals surface area contributed by atoms with Crippen LogP contribution in [0.2, 0.25) is 0 Å². The van der Waals surface area contributed by atoms with Crippen molar-refractivity contribution >= 4 is 40.0 Å². The SMILES string of the molecule is Cc1ncsc1-c1ccc([C@H](CN)NC(=O)[C@@H]2C[C@@H](O)CN2C(=O)[C@@H](NC(=O)COCCOCCOCCOc2cc(F)c(C3c4[nH]c5ccccc5c4C[C@@H](C)N3CC(C)(C)F)c(F)c2)C(C)(C)C)cc1. The molecule has 1 unspecified atom stereocenters. The molecule has 72 heavy (non-hydrogen) atoms. The van der Waals surface area contributed by atoms with Gasteiger partial charge in [0.15, 0.2) is 0 Å². The highest BCUT2D eigenvalue weighted by atomic mass is 32.1. The van der Waals surface area contributed by atoms with Gasteiger partial charge in [-0.2, -0.15) is 0 Å². The Labute approximate surface area is 422 Å². The monoisotopic (exact) mass is 1020 g/mol. The van der Waals surface area contributed by atoms with Crippen LogP contribution in [0.3, 0.4) is 0 Å². The summed E-state index contributed by atoms with van der Waals surface area (Å²) in [7, 11) is 0. The Morgan fingerprint density at radius 1 is 0.944 bits per heavy atom. The van der Waals surface area contributed by atoms with Crippen molar-refractivity contribution in [3.05, 3.63) is 106 Å². The van der Waals surface area contributed by atoms with Crippen molar-refractivity contribution in [1.29, 1.82) is 0 Å². The number of β-amino-alcohol motifs (C(OH)–C–C–N with tert-alkyl or cyclic N) is 1. The van der Waals surface area contributed by atoms with Crippen LogP contribution in [-0.4, -0.2) is 138 Å². The molecule has 2 aliphatic rings. The number of aromatic amines is 1. The van der Waals surface area contributed by atoms with Crippen LogP contribution in [0.1, 0.15) is 88.1 Å². The van der Waals surface area contributed by atoms with E-state index in [4.69, 9.17) is 24.7 Å². The fraction of sp³-hybridized carbons (Fsp3) is 0.509. The first-order valence-electron chi connectivity index (χ1n) is 24.4. The molecule has 0 aliphatic carbocycles. The molecule has 6 N–H and O–H groups in total. The zero-order chi connectivity index (χ0) is 51.9. The number of alkyl halides is 1. The molecular formula is C53H68F3N7O8S. The van der Waals surface area contributed by atoms with Crippen molar-refractivity contribution in [2.24, 2.45) is 11.1 Å². The lowest BCUT2D eigenvalue weighted by Crippen LogP contribution is -2.58. The van der Waals surface area contributed by atoms with Crippen LogP contribution in [0.5, 0.6) is 5.75 Å². The number of benzene rings is 3. The molecule has 0 saturated carbocycles. The highest BCUT2D eigenvalue weighted by Crippen LogP contribution is 2.44. The Kier molecular flexibility index (Phi) is 17.8. The zero-order valence-corrected chi connectivity index (χ0v) is 42.9. The second-order valence-electron chi connectivity index (χ2n) is 20.3. The Bertz CT molecular complexity index is 2630. The molecular weight excluding hydrogens is 952 g/mol. The number of rotatable bonds is 22. The summed E-state index contributed by atoms with van der Waals surface area (Å²) in [6.45, 7) is 12.5. The van der Waals surface area contributed by atoms with Gasteiger partial charge in [-0.1, -0.05) is 63.2 Å². The first kappa shape index (κ1) is 54.4. The summed E-state index contributed by atoms with van der Waals surface area (Å²) in [6.07, 6.45) is -0.314. The number of hydrogen-bond acceptors (Lipinski definition) is 12. The third-order valence-electron chi connectivity index (χ3n) is 13.0. The number of nitrogens with zero attached hydrogens (tertiary/aromatic N) is 3. The number of aromatic nitrogens is 2. The van der Waals surface area contributed by atoms with E-state index in [-0.39, 0.29) is 89.7 Å². The third kappa shape index (κ3) is 13.2. The number of thiazole rings is 1. The largest absolute Gasteiger partial charge is 0.491 e. The maximum atomic E-state index is 16.0. The molecule has 0 radical (unpaired) electrons. The molecule has 0 spiro atoms. The molecule has 390 valence electrons. The van der Waals surface area contributed by atoms with Gasteiger partial charge in [-0.15, -0.1) is 11.3 Å². The second kappa shape index (κ2) is 23.6.